The smallest absolute Gasteiger partial charge is 0.203 e. The van der Waals surface area contributed by atoms with Crippen molar-refractivity contribution in [1.82, 2.24) is 0 Å². The Labute approximate surface area is 77.6 Å². The molecular formula is C4HCl2F7. The molecule has 0 spiro atoms. The third-order valence-electron chi connectivity index (χ3n) is 1.05. The molecule has 0 heterocycles. The van der Waals surface area contributed by atoms with Crippen LogP contribution in [0.15, 0.2) is 0 Å². The second-order valence-electron chi connectivity index (χ2n) is 2.00. The number of halogens is 9. The predicted octanol–water partition coefficient (Wildman–Crippen LogP) is 3.62. The Morgan fingerprint density at radius 2 is 1.15 bits per heavy atom. The predicted molar refractivity (Wildman–Crippen MR) is 31.4 cm³/mol. The summed E-state index contributed by atoms with van der Waals surface area (Å²) < 4.78 is 77.9. The van der Waals surface area contributed by atoms with E-state index in [2.05, 4.69) is 23.2 Å². The minimum atomic E-state index is -5.93. The maximum Gasteiger partial charge on any atom is 0.377 e. The first-order valence-electron chi connectivity index (χ1n) is 2.55. The van der Waals surface area contributed by atoms with Crippen molar-refractivity contribution in [3.8, 4) is 0 Å². The zero-order valence-electron chi connectivity index (χ0n) is 5.48. The normalized spacial score (nSPS) is 15.2. The molecular weight excluding hydrogens is 252 g/mol. The van der Waals surface area contributed by atoms with Gasteiger partial charge in [0, 0.05) is 0 Å². The number of alkyl halides is 9. The van der Waals surface area contributed by atoms with Crippen molar-refractivity contribution in [3.05, 3.63) is 0 Å². The highest BCUT2D eigenvalue weighted by Gasteiger charge is 2.73. The van der Waals surface area contributed by atoms with Gasteiger partial charge in [-0.1, -0.05) is 23.2 Å². The second kappa shape index (κ2) is 3.34. The van der Waals surface area contributed by atoms with Gasteiger partial charge in [-0.05, 0) is 0 Å². The molecule has 0 bridgehead atoms. The van der Waals surface area contributed by atoms with E-state index in [1.165, 1.54) is 0 Å². The molecule has 0 N–H and O–H groups in total. The average Bonchev–Trinajstić information content (AvgIpc) is 1.84. The molecule has 0 radical (unpaired) electrons. The molecule has 80 valence electrons. The first kappa shape index (κ1) is 13.1. The van der Waals surface area contributed by atoms with Gasteiger partial charge >= 0.3 is 22.9 Å². The fraction of sp³-hybridized carbons (Fsp3) is 1.00. The summed E-state index contributed by atoms with van der Waals surface area (Å²) in [5.41, 5.74) is 0. The molecule has 0 aliphatic heterocycles. The molecule has 13 heavy (non-hydrogen) atoms. The van der Waals surface area contributed by atoms with Crippen LogP contribution in [0.2, 0.25) is 0 Å². The Morgan fingerprint density at radius 1 is 0.846 bits per heavy atom. The Bertz CT molecular complexity index is 183. The summed E-state index contributed by atoms with van der Waals surface area (Å²) >= 11 is 7.98. The van der Waals surface area contributed by atoms with Crippen molar-refractivity contribution in [2.75, 3.05) is 0 Å². The molecule has 0 saturated heterocycles. The van der Waals surface area contributed by atoms with E-state index in [4.69, 9.17) is 0 Å². The quantitative estimate of drug-likeness (QED) is 0.532. The summed E-state index contributed by atoms with van der Waals surface area (Å²) in [5.74, 6) is -11.8. The first-order valence-corrected chi connectivity index (χ1v) is 3.30. The van der Waals surface area contributed by atoms with Crippen LogP contribution in [0.25, 0.3) is 0 Å². The van der Waals surface area contributed by atoms with Crippen molar-refractivity contribution in [1.29, 1.82) is 0 Å². The standard InChI is InChI=1S/C4HCl2F7/c5-4(6,13)3(11,12)2(9,10)1(7)8/h1H. The van der Waals surface area contributed by atoms with Crippen LogP contribution < -0.4 is 0 Å². The van der Waals surface area contributed by atoms with Gasteiger partial charge in [-0.15, -0.1) is 0 Å². The lowest BCUT2D eigenvalue weighted by atomic mass is 10.2. The van der Waals surface area contributed by atoms with Crippen LogP contribution in [0.4, 0.5) is 30.7 Å². The van der Waals surface area contributed by atoms with Crippen LogP contribution in [-0.2, 0) is 0 Å². The SMILES string of the molecule is FC(F)C(F)(F)C(F)(F)C(F)(Cl)Cl. The molecule has 0 rings (SSSR count). The topological polar surface area (TPSA) is 0 Å². The van der Waals surface area contributed by atoms with Gasteiger partial charge in [0.25, 0.3) is 0 Å². The van der Waals surface area contributed by atoms with Gasteiger partial charge in [0.15, 0.2) is 0 Å². The zero-order chi connectivity index (χ0) is 11.1. The summed E-state index contributed by atoms with van der Waals surface area (Å²) in [5, 5.41) is 0. The highest BCUT2D eigenvalue weighted by molar-refractivity contribution is 6.47. The van der Waals surface area contributed by atoms with E-state index in [1.807, 2.05) is 0 Å². The Balaban J connectivity index is 5.04. The van der Waals surface area contributed by atoms with E-state index >= 15 is 0 Å². The Hall–Kier alpha value is 0.0900. The molecule has 0 aromatic heterocycles. The first-order chi connectivity index (χ1) is 5.44. The molecule has 0 aromatic carbocycles. The Kier molecular flexibility index (Phi) is 3.37. The fourth-order valence-electron chi connectivity index (χ4n) is 0.326. The molecule has 9 heteroatoms. The highest BCUT2D eigenvalue weighted by Crippen LogP contribution is 2.51. The molecule has 0 fully saturated rings. The second-order valence-corrected chi connectivity index (χ2v) is 3.23. The lowest BCUT2D eigenvalue weighted by Gasteiger charge is -2.29. The zero-order valence-corrected chi connectivity index (χ0v) is 6.99. The minimum absolute atomic E-state index is 3.99. The van der Waals surface area contributed by atoms with E-state index in [0.717, 1.165) is 0 Å². The van der Waals surface area contributed by atoms with E-state index in [9.17, 15) is 30.7 Å². The van der Waals surface area contributed by atoms with Crippen LogP contribution in [0.5, 0.6) is 0 Å². The van der Waals surface area contributed by atoms with Gasteiger partial charge in [-0.25, -0.2) is 13.2 Å². The van der Waals surface area contributed by atoms with Crippen molar-refractivity contribution < 1.29 is 30.7 Å². The van der Waals surface area contributed by atoms with E-state index in [-0.39, 0.29) is 0 Å². The number of hydrogen-bond acceptors (Lipinski definition) is 0. The average molecular weight is 253 g/mol. The molecule has 0 aliphatic carbocycles. The van der Waals surface area contributed by atoms with Gasteiger partial charge in [0.2, 0.25) is 0 Å². The van der Waals surface area contributed by atoms with Crippen LogP contribution in [0.1, 0.15) is 0 Å². The third kappa shape index (κ3) is 2.12. The molecule has 0 atom stereocenters. The molecule has 0 aromatic rings. The summed E-state index contributed by atoms with van der Waals surface area (Å²) in [4.78, 5) is 0. The fourth-order valence-corrected chi connectivity index (χ4v) is 0.578. The van der Waals surface area contributed by atoms with Gasteiger partial charge in [0.1, 0.15) is 0 Å². The lowest BCUT2D eigenvalue weighted by Crippen LogP contribution is -2.54. The van der Waals surface area contributed by atoms with Crippen molar-refractivity contribution in [3.63, 3.8) is 0 Å². The molecule has 0 amide bonds. The van der Waals surface area contributed by atoms with Crippen LogP contribution >= 0.6 is 23.2 Å². The van der Waals surface area contributed by atoms with Crippen LogP contribution in [-0.4, -0.2) is 22.9 Å². The van der Waals surface area contributed by atoms with Crippen molar-refractivity contribution >= 4 is 23.2 Å². The third-order valence-corrected chi connectivity index (χ3v) is 1.52. The minimum Gasteiger partial charge on any atom is -0.203 e. The molecule has 0 unspecified atom stereocenters. The van der Waals surface area contributed by atoms with Crippen molar-refractivity contribution in [2.24, 2.45) is 0 Å². The summed E-state index contributed by atoms with van der Waals surface area (Å²) in [6.45, 7) is 0. The number of rotatable bonds is 3. The molecule has 0 nitrogen and oxygen atoms in total. The van der Waals surface area contributed by atoms with E-state index in [0.29, 0.717) is 0 Å². The maximum absolute atomic E-state index is 12.1. The lowest BCUT2D eigenvalue weighted by molar-refractivity contribution is -0.281. The van der Waals surface area contributed by atoms with Crippen LogP contribution in [0.3, 0.4) is 0 Å². The van der Waals surface area contributed by atoms with Gasteiger partial charge in [-0.2, -0.15) is 17.6 Å². The van der Waals surface area contributed by atoms with E-state index < -0.39 is 22.9 Å². The number of hydrogen-bond donors (Lipinski definition) is 0. The molecule has 0 saturated carbocycles. The largest absolute Gasteiger partial charge is 0.377 e. The summed E-state index contributed by atoms with van der Waals surface area (Å²) in [6.07, 6.45) is -4.77. The van der Waals surface area contributed by atoms with E-state index in [1.54, 1.807) is 0 Å². The van der Waals surface area contributed by atoms with Gasteiger partial charge in [0.05, 0.1) is 0 Å². The highest BCUT2D eigenvalue weighted by atomic mass is 35.5. The van der Waals surface area contributed by atoms with Crippen LogP contribution in [0, 0.1) is 0 Å². The van der Waals surface area contributed by atoms with Gasteiger partial charge in [-0.3, -0.25) is 0 Å². The summed E-state index contributed by atoms with van der Waals surface area (Å²) in [7, 11) is 0. The van der Waals surface area contributed by atoms with Crippen molar-refractivity contribution in [2.45, 2.75) is 22.9 Å². The Morgan fingerprint density at radius 3 is 1.23 bits per heavy atom. The summed E-state index contributed by atoms with van der Waals surface area (Å²) in [6, 6.07) is 0. The maximum atomic E-state index is 12.1. The van der Waals surface area contributed by atoms with Gasteiger partial charge < -0.3 is 0 Å². The monoisotopic (exact) mass is 252 g/mol. The molecule has 0 aliphatic rings.